The number of carbonyl (C=O) groups is 2. The Kier molecular flexibility index (Phi) is 7.30. The van der Waals surface area contributed by atoms with Crippen molar-refractivity contribution < 1.29 is 18.0 Å². The standard InChI is InChI=1S/C26H25N3O4S/c1-18(30)20-8-14-24(15-9-20)34(32,33)28-16-19-4-6-21(7-5-19)25(31)29-23-12-10-22(11-13-23)26(2,3)17-27/h4-15,28H,16H2,1-3H3,(H,29,31). The van der Waals surface area contributed by atoms with Crippen LogP contribution >= 0.6 is 0 Å². The van der Waals surface area contributed by atoms with Gasteiger partial charge in [0.05, 0.1) is 16.4 Å². The Balaban J connectivity index is 1.60. The second-order valence-corrected chi connectivity index (χ2v) is 10.1. The fraction of sp³-hybridized carbons (Fsp3) is 0.192. The van der Waals surface area contributed by atoms with E-state index in [-0.39, 0.29) is 23.1 Å². The van der Waals surface area contributed by atoms with E-state index in [1.54, 1.807) is 36.4 Å². The highest BCUT2D eigenvalue weighted by molar-refractivity contribution is 7.89. The Morgan fingerprint density at radius 3 is 1.97 bits per heavy atom. The van der Waals surface area contributed by atoms with Gasteiger partial charge >= 0.3 is 0 Å². The Morgan fingerprint density at radius 1 is 0.882 bits per heavy atom. The third-order valence-corrected chi connectivity index (χ3v) is 6.81. The topological polar surface area (TPSA) is 116 Å². The number of carbonyl (C=O) groups excluding carboxylic acids is 2. The normalized spacial score (nSPS) is 11.5. The minimum absolute atomic E-state index is 0.0504. The first-order valence-corrected chi connectivity index (χ1v) is 12.0. The summed E-state index contributed by atoms with van der Waals surface area (Å²) in [6.07, 6.45) is 0. The molecule has 0 aromatic heterocycles. The molecule has 2 N–H and O–H groups in total. The molecule has 0 fully saturated rings. The summed E-state index contributed by atoms with van der Waals surface area (Å²) in [5, 5.41) is 12.0. The fourth-order valence-corrected chi connectivity index (χ4v) is 4.16. The number of rotatable bonds is 8. The van der Waals surface area contributed by atoms with Crippen LogP contribution in [0.5, 0.6) is 0 Å². The van der Waals surface area contributed by atoms with E-state index in [4.69, 9.17) is 0 Å². The van der Waals surface area contributed by atoms with Gasteiger partial charge in [0.25, 0.3) is 5.91 Å². The Bertz CT molecular complexity index is 1340. The summed E-state index contributed by atoms with van der Waals surface area (Å²) in [5.74, 6) is -0.439. The summed E-state index contributed by atoms with van der Waals surface area (Å²) in [7, 11) is -3.74. The van der Waals surface area contributed by atoms with E-state index in [0.717, 1.165) is 5.56 Å². The lowest BCUT2D eigenvalue weighted by Gasteiger charge is -2.16. The number of ketones is 1. The number of hydrogen-bond acceptors (Lipinski definition) is 5. The Hall–Kier alpha value is -3.80. The Morgan fingerprint density at radius 2 is 1.44 bits per heavy atom. The maximum absolute atomic E-state index is 12.5. The molecule has 3 aromatic rings. The van der Waals surface area contributed by atoms with Crippen LogP contribution in [0.3, 0.4) is 0 Å². The molecule has 0 radical (unpaired) electrons. The van der Waals surface area contributed by atoms with Crippen LogP contribution in [0.2, 0.25) is 0 Å². The predicted octanol–water partition coefficient (Wildman–Crippen LogP) is 4.42. The average Bonchev–Trinajstić information content (AvgIpc) is 2.83. The molecule has 0 saturated carbocycles. The van der Waals surface area contributed by atoms with Crippen LogP contribution in [-0.4, -0.2) is 20.1 Å². The van der Waals surface area contributed by atoms with Crippen LogP contribution in [0.4, 0.5) is 5.69 Å². The van der Waals surface area contributed by atoms with Gasteiger partial charge in [0.15, 0.2) is 5.78 Å². The summed E-state index contributed by atoms with van der Waals surface area (Å²) in [5.41, 5.74) is 2.40. The van der Waals surface area contributed by atoms with Crippen LogP contribution < -0.4 is 10.0 Å². The van der Waals surface area contributed by atoms with E-state index >= 15 is 0 Å². The quantitative estimate of drug-likeness (QED) is 0.468. The predicted molar refractivity (Wildman–Crippen MR) is 130 cm³/mol. The van der Waals surface area contributed by atoms with E-state index in [9.17, 15) is 23.3 Å². The summed E-state index contributed by atoms with van der Waals surface area (Å²) >= 11 is 0. The number of amides is 1. The first-order chi connectivity index (χ1) is 16.0. The summed E-state index contributed by atoms with van der Waals surface area (Å²) in [6.45, 7) is 5.12. The molecular weight excluding hydrogens is 450 g/mol. The van der Waals surface area contributed by atoms with Crippen molar-refractivity contribution in [1.82, 2.24) is 4.72 Å². The van der Waals surface area contributed by atoms with Crippen LogP contribution in [-0.2, 0) is 22.0 Å². The van der Waals surface area contributed by atoms with Crippen molar-refractivity contribution in [3.8, 4) is 6.07 Å². The van der Waals surface area contributed by atoms with E-state index in [1.807, 2.05) is 26.0 Å². The van der Waals surface area contributed by atoms with Gasteiger partial charge in [0, 0.05) is 23.4 Å². The number of nitrogens with one attached hydrogen (secondary N) is 2. The SMILES string of the molecule is CC(=O)c1ccc(S(=O)(=O)NCc2ccc(C(=O)Nc3ccc(C(C)(C)C#N)cc3)cc2)cc1. The Labute approximate surface area is 199 Å². The zero-order chi connectivity index (χ0) is 24.9. The molecule has 3 rings (SSSR count). The highest BCUT2D eigenvalue weighted by Gasteiger charge is 2.19. The maximum Gasteiger partial charge on any atom is 0.255 e. The molecule has 0 unspecified atom stereocenters. The van der Waals surface area contributed by atoms with Crippen LogP contribution in [0, 0.1) is 11.3 Å². The third-order valence-electron chi connectivity index (χ3n) is 5.40. The number of hydrogen-bond donors (Lipinski definition) is 2. The number of Topliss-reactive ketones (excluding diaryl/α,β-unsaturated/α-hetero) is 1. The summed E-state index contributed by atoms with van der Waals surface area (Å²) < 4.78 is 27.5. The van der Waals surface area contributed by atoms with Crippen LogP contribution in [0.15, 0.2) is 77.7 Å². The molecule has 1 amide bonds. The van der Waals surface area contributed by atoms with Gasteiger partial charge in [0.2, 0.25) is 10.0 Å². The molecule has 0 heterocycles. The van der Waals surface area contributed by atoms with Gasteiger partial charge in [0.1, 0.15) is 0 Å². The second-order valence-electron chi connectivity index (χ2n) is 8.37. The van der Waals surface area contributed by atoms with E-state index in [1.165, 1.54) is 31.2 Å². The molecular formula is C26H25N3O4S. The zero-order valence-corrected chi connectivity index (χ0v) is 19.9. The van der Waals surface area contributed by atoms with Gasteiger partial charge in [-0.3, -0.25) is 9.59 Å². The molecule has 0 bridgehead atoms. The molecule has 8 heteroatoms. The number of sulfonamides is 1. The van der Waals surface area contributed by atoms with Gasteiger partial charge < -0.3 is 5.32 Å². The third kappa shape index (κ3) is 5.95. The number of nitrogens with zero attached hydrogens (tertiary/aromatic N) is 1. The maximum atomic E-state index is 12.5. The molecule has 0 atom stereocenters. The molecule has 0 saturated heterocycles. The molecule has 0 aliphatic carbocycles. The minimum Gasteiger partial charge on any atom is -0.322 e. The van der Waals surface area contributed by atoms with Crippen LogP contribution in [0.25, 0.3) is 0 Å². The van der Waals surface area contributed by atoms with Gasteiger partial charge in [-0.05, 0) is 68.3 Å². The van der Waals surface area contributed by atoms with Crippen molar-refractivity contribution in [3.05, 3.63) is 95.1 Å². The first-order valence-electron chi connectivity index (χ1n) is 10.5. The van der Waals surface area contributed by atoms with E-state index in [0.29, 0.717) is 22.4 Å². The molecule has 7 nitrogen and oxygen atoms in total. The largest absolute Gasteiger partial charge is 0.322 e. The number of benzene rings is 3. The van der Waals surface area contributed by atoms with Gasteiger partial charge in [-0.25, -0.2) is 13.1 Å². The van der Waals surface area contributed by atoms with Crippen molar-refractivity contribution in [3.63, 3.8) is 0 Å². The lowest BCUT2D eigenvalue weighted by molar-refractivity contribution is 0.101. The fourth-order valence-electron chi connectivity index (χ4n) is 3.14. The highest BCUT2D eigenvalue weighted by atomic mass is 32.2. The van der Waals surface area contributed by atoms with Crippen molar-refractivity contribution in [2.45, 2.75) is 37.6 Å². The van der Waals surface area contributed by atoms with Crippen molar-refractivity contribution in [2.75, 3.05) is 5.32 Å². The zero-order valence-electron chi connectivity index (χ0n) is 19.1. The van der Waals surface area contributed by atoms with E-state index in [2.05, 4.69) is 16.1 Å². The lowest BCUT2D eigenvalue weighted by Crippen LogP contribution is -2.23. The molecule has 174 valence electrons. The van der Waals surface area contributed by atoms with Crippen molar-refractivity contribution >= 4 is 27.4 Å². The monoisotopic (exact) mass is 475 g/mol. The van der Waals surface area contributed by atoms with Gasteiger partial charge in [-0.15, -0.1) is 0 Å². The highest BCUT2D eigenvalue weighted by Crippen LogP contribution is 2.23. The van der Waals surface area contributed by atoms with Crippen LogP contribution in [0.1, 0.15) is 52.6 Å². The second kappa shape index (κ2) is 10.00. The summed E-state index contributed by atoms with van der Waals surface area (Å²) in [4.78, 5) is 24.0. The van der Waals surface area contributed by atoms with Crippen molar-refractivity contribution in [1.29, 1.82) is 5.26 Å². The van der Waals surface area contributed by atoms with Crippen molar-refractivity contribution in [2.24, 2.45) is 0 Å². The number of nitriles is 1. The lowest BCUT2D eigenvalue weighted by atomic mass is 9.86. The molecule has 0 aliphatic heterocycles. The minimum atomic E-state index is -3.74. The number of anilines is 1. The molecule has 3 aromatic carbocycles. The molecule has 0 spiro atoms. The van der Waals surface area contributed by atoms with E-state index < -0.39 is 15.4 Å². The average molecular weight is 476 g/mol. The first kappa shape index (κ1) is 24.8. The summed E-state index contributed by atoms with van der Waals surface area (Å²) in [6, 6.07) is 21.7. The molecule has 34 heavy (non-hydrogen) atoms. The van der Waals surface area contributed by atoms with Gasteiger partial charge in [-0.2, -0.15) is 5.26 Å². The molecule has 0 aliphatic rings. The smallest absolute Gasteiger partial charge is 0.255 e. The van der Waals surface area contributed by atoms with Gasteiger partial charge in [-0.1, -0.05) is 36.4 Å².